The van der Waals surface area contributed by atoms with Gasteiger partial charge in [-0.3, -0.25) is 4.79 Å². The van der Waals surface area contributed by atoms with Gasteiger partial charge in [-0.15, -0.1) is 0 Å². The maximum atomic E-state index is 10.1. The van der Waals surface area contributed by atoms with Crippen molar-refractivity contribution in [3.8, 4) is 0 Å². The van der Waals surface area contributed by atoms with E-state index in [4.69, 9.17) is 4.74 Å². The quantitative estimate of drug-likeness (QED) is 0.275. The average molecular weight is 236 g/mol. The molecule has 1 atom stereocenters. The largest absolute Gasteiger partial charge is 0.498 e. The van der Waals surface area contributed by atoms with E-state index in [2.05, 4.69) is 20.8 Å². The average Bonchev–Trinajstić information content (AvgIpc) is 2.27. The van der Waals surface area contributed by atoms with Crippen molar-refractivity contribution in [2.45, 2.75) is 46.6 Å². The number of carbonyl (C=O) groups is 1. The minimum atomic E-state index is 0.256. The van der Waals surface area contributed by atoms with E-state index in [1.54, 1.807) is 12.3 Å². The molecule has 2 heteroatoms. The van der Waals surface area contributed by atoms with Crippen molar-refractivity contribution < 1.29 is 9.53 Å². The predicted molar refractivity (Wildman–Crippen MR) is 72.7 cm³/mol. The van der Waals surface area contributed by atoms with Gasteiger partial charge in [-0.05, 0) is 50.3 Å². The van der Waals surface area contributed by atoms with Crippen molar-refractivity contribution in [2.75, 3.05) is 0 Å². The Morgan fingerprint density at radius 3 is 2.47 bits per heavy atom. The number of hydrogen-bond donors (Lipinski definition) is 0. The van der Waals surface area contributed by atoms with E-state index in [1.807, 2.05) is 19.1 Å². The Bertz CT molecular complexity index is 285. The minimum absolute atomic E-state index is 0.256. The first-order valence-corrected chi connectivity index (χ1v) is 6.17. The summed E-state index contributed by atoms with van der Waals surface area (Å²) in [4.78, 5) is 10.1. The van der Waals surface area contributed by atoms with Crippen LogP contribution in [0.15, 0.2) is 36.1 Å². The highest BCUT2D eigenvalue weighted by molar-refractivity contribution is 5.65. The number of allylic oxidation sites excluding steroid dienone is 5. The summed E-state index contributed by atoms with van der Waals surface area (Å²) >= 11 is 0. The Balaban J connectivity index is 3.89. The molecule has 0 saturated heterocycles. The third-order valence-corrected chi connectivity index (χ3v) is 2.34. The van der Waals surface area contributed by atoms with Gasteiger partial charge in [0.25, 0.3) is 0 Å². The van der Waals surface area contributed by atoms with Crippen molar-refractivity contribution >= 4 is 6.29 Å². The van der Waals surface area contributed by atoms with Crippen LogP contribution in [-0.4, -0.2) is 12.4 Å². The SMILES string of the molecule is CC(/C=C\OC(C)CCC(C)C)=C/C=C/C=O. The lowest BCUT2D eigenvalue weighted by Crippen LogP contribution is -2.05. The van der Waals surface area contributed by atoms with Crippen LogP contribution in [0, 0.1) is 5.92 Å². The van der Waals surface area contributed by atoms with Crippen molar-refractivity contribution in [2.24, 2.45) is 5.92 Å². The number of rotatable bonds is 8. The van der Waals surface area contributed by atoms with Crippen LogP contribution in [-0.2, 0) is 9.53 Å². The normalized spacial score (nSPS) is 14.8. The predicted octanol–water partition coefficient (Wildman–Crippen LogP) is 4.04. The number of ether oxygens (including phenoxy) is 1. The zero-order chi connectivity index (χ0) is 13.1. The third kappa shape index (κ3) is 11.0. The Hall–Kier alpha value is -1.31. The molecule has 0 saturated carbocycles. The molecule has 0 radical (unpaired) electrons. The maximum Gasteiger partial charge on any atom is 0.142 e. The van der Waals surface area contributed by atoms with Crippen LogP contribution in [0.3, 0.4) is 0 Å². The lowest BCUT2D eigenvalue weighted by Gasteiger charge is -2.12. The van der Waals surface area contributed by atoms with Gasteiger partial charge in [-0.25, -0.2) is 0 Å². The van der Waals surface area contributed by atoms with Crippen molar-refractivity contribution in [3.63, 3.8) is 0 Å². The number of hydrogen-bond acceptors (Lipinski definition) is 2. The van der Waals surface area contributed by atoms with Crippen LogP contribution in [0.25, 0.3) is 0 Å². The van der Waals surface area contributed by atoms with Gasteiger partial charge in [0.2, 0.25) is 0 Å². The van der Waals surface area contributed by atoms with Crippen LogP contribution < -0.4 is 0 Å². The molecule has 0 aliphatic heterocycles. The summed E-state index contributed by atoms with van der Waals surface area (Å²) < 4.78 is 5.55. The van der Waals surface area contributed by atoms with Gasteiger partial charge >= 0.3 is 0 Å². The highest BCUT2D eigenvalue weighted by Crippen LogP contribution is 2.09. The van der Waals surface area contributed by atoms with Crippen LogP contribution in [0.2, 0.25) is 0 Å². The summed E-state index contributed by atoms with van der Waals surface area (Å²) in [6.07, 6.45) is 12.0. The van der Waals surface area contributed by atoms with E-state index in [1.165, 1.54) is 12.5 Å². The molecule has 0 fully saturated rings. The van der Waals surface area contributed by atoms with Gasteiger partial charge in [0.05, 0.1) is 12.4 Å². The fraction of sp³-hybridized carbons (Fsp3) is 0.533. The second-order valence-electron chi connectivity index (χ2n) is 4.65. The highest BCUT2D eigenvalue weighted by Gasteiger charge is 2.01. The zero-order valence-electron chi connectivity index (χ0n) is 11.3. The highest BCUT2D eigenvalue weighted by atomic mass is 16.5. The van der Waals surface area contributed by atoms with E-state index in [0.29, 0.717) is 0 Å². The molecule has 0 rings (SSSR count). The van der Waals surface area contributed by atoms with Gasteiger partial charge in [0.15, 0.2) is 0 Å². The Morgan fingerprint density at radius 2 is 1.88 bits per heavy atom. The summed E-state index contributed by atoms with van der Waals surface area (Å²) in [6, 6.07) is 0. The second-order valence-corrected chi connectivity index (χ2v) is 4.65. The monoisotopic (exact) mass is 236 g/mol. The van der Waals surface area contributed by atoms with Gasteiger partial charge in [-0.2, -0.15) is 0 Å². The standard InChI is InChI=1S/C15H24O2/c1-13(2)8-9-15(4)17-12-10-14(3)7-5-6-11-16/h5-7,10-13,15H,8-9H2,1-4H3/b6-5+,12-10-,14-7-. The molecule has 0 amide bonds. The summed E-state index contributed by atoms with van der Waals surface area (Å²) in [5.74, 6) is 0.722. The molecule has 2 nitrogen and oxygen atoms in total. The number of carbonyl (C=O) groups excluding carboxylic acids is 1. The van der Waals surface area contributed by atoms with Crippen LogP contribution in [0.5, 0.6) is 0 Å². The van der Waals surface area contributed by atoms with Gasteiger partial charge < -0.3 is 4.74 Å². The lowest BCUT2D eigenvalue weighted by molar-refractivity contribution is -0.104. The molecular weight excluding hydrogens is 212 g/mol. The Labute approximate surface area is 105 Å². The Kier molecular flexibility index (Phi) is 9.12. The van der Waals surface area contributed by atoms with Crippen LogP contribution in [0.1, 0.15) is 40.5 Å². The van der Waals surface area contributed by atoms with Gasteiger partial charge in [0, 0.05) is 0 Å². The smallest absolute Gasteiger partial charge is 0.142 e. The second kappa shape index (κ2) is 9.88. The molecule has 0 N–H and O–H groups in total. The first-order chi connectivity index (χ1) is 8.06. The fourth-order valence-corrected chi connectivity index (χ4v) is 1.23. The Morgan fingerprint density at radius 1 is 1.18 bits per heavy atom. The molecule has 0 aromatic heterocycles. The maximum absolute atomic E-state index is 10.1. The summed E-state index contributed by atoms with van der Waals surface area (Å²) in [5.41, 5.74) is 1.05. The van der Waals surface area contributed by atoms with E-state index < -0.39 is 0 Å². The molecule has 0 aromatic carbocycles. The van der Waals surface area contributed by atoms with Crippen molar-refractivity contribution in [1.82, 2.24) is 0 Å². The minimum Gasteiger partial charge on any atom is -0.498 e. The fourth-order valence-electron chi connectivity index (χ4n) is 1.23. The summed E-state index contributed by atoms with van der Waals surface area (Å²) in [6.45, 7) is 8.48. The molecule has 0 heterocycles. The summed E-state index contributed by atoms with van der Waals surface area (Å²) in [5, 5.41) is 0. The summed E-state index contributed by atoms with van der Waals surface area (Å²) in [7, 11) is 0. The zero-order valence-corrected chi connectivity index (χ0v) is 11.3. The molecule has 17 heavy (non-hydrogen) atoms. The molecule has 0 aromatic rings. The molecule has 0 bridgehead atoms. The van der Waals surface area contributed by atoms with Crippen molar-refractivity contribution in [3.05, 3.63) is 36.1 Å². The van der Waals surface area contributed by atoms with Gasteiger partial charge in [-0.1, -0.05) is 26.0 Å². The van der Waals surface area contributed by atoms with Crippen LogP contribution in [0.4, 0.5) is 0 Å². The molecule has 0 spiro atoms. The van der Waals surface area contributed by atoms with E-state index in [-0.39, 0.29) is 6.10 Å². The van der Waals surface area contributed by atoms with Crippen LogP contribution >= 0.6 is 0 Å². The number of aldehydes is 1. The molecular formula is C15H24O2. The molecule has 96 valence electrons. The van der Waals surface area contributed by atoms with E-state index >= 15 is 0 Å². The first-order valence-electron chi connectivity index (χ1n) is 6.17. The third-order valence-electron chi connectivity index (χ3n) is 2.34. The molecule has 0 aliphatic carbocycles. The molecule has 0 aliphatic rings. The topological polar surface area (TPSA) is 26.3 Å². The van der Waals surface area contributed by atoms with Gasteiger partial charge in [0.1, 0.15) is 6.29 Å². The lowest BCUT2D eigenvalue weighted by atomic mass is 10.1. The van der Waals surface area contributed by atoms with E-state index in [9.17, 15) is 4.79 Å². The molecule has 1 unspecified atom stereocenters. The van der Waals surface area contributed by atoms with Crippen molar-refractivity contribution in [1.29, 1.82) is 0 Å². The van der Waals surface area contributed by atoms with E-state index in [0.717, 1.165) is 24.2 Å². The first kappa shape index (κ1) is 15.7.